The van der Waals surface area contributed by atoms with E-state index in [1.165, 1.54) is 22.0 Å². The zero-order chi connectivity index (χ0) is 13.5. The fourth-order valence-electron chi connectivity index (χ4n) is 2.19. The number of hydrogen-bond donors (Lipinski definition) is 1. The van der Waals surface area contributed by atoms with Crippen molar-refractivity contribution in [3.05, 3.63) is 56.7 Å². The van der Waals surface area contributed by atoms with Crippen LogP contribution in [0.4, 0.5) is 0 Å². The van der Waals surface area contributed by atoms with Crippen molar-refractivity contribution in [3.8, 4) is 0 Å². The zero-order valence-corrected chi connectivity index (χ0v) is 13.6. The minimum atomic E-state index is 0.508. The highest BCUT2D eigenvalue weighted by Crippen LogP contribution is 2.19. The summed E-state index contributed by atoms with van der Waals surface area (Å²) in [5, 5.41) is 8.08. The maximum absolute atomic E-state index is 3.67. The van der Waals surface area contributed by atoms with Crippen LogP contribution >= 0.6 is 27.3 Å². The molecule has 1 heterocycles. The minimum Gasteiger partial charge on any atom is -0.313 e. The Bertz CT molecular complexity index is 481. The molecule has 0 spiro atoms. The van der Waals surface area contributed by atoms with Crippen LogP contribution in [0.1, 0.15) is 24.5 Å². The smallest absolute Gasteiger partial charge is 0.0207 e. The molecule has 0 aliphatic carbocycles. The molecule has 3 heteroatoms. The van der Waals surface area contributed by atoms with Crippen LogP contribution < -0.4 is 5.32 Å². The third-order valence-corrected chi connectivity index (χ3v) is 4.68. The van der Waals surface area contributed by atoms with Crippen molar-refractivity contribution in [1.29, 1.82) is 0 Å². The van der Waals surface area contributed by atoms with Crippen LogP contribution in [0.2, 0.25) is 0 Å². The fraction of sp³-hybridized carbons (Fsp3) is 0.375. The zero-order valence-electron chi connectivity index (χ0n) is 11.2. The Hall–Kier alpha value is -0.640. The molecule has 2 aromatic rings. The second kappa shape index (κ2) is 7.83. The van der Waals surface area contributed by atoms with Gasteiger partial charge in [-0.3, -0.25) is 0 Å². The second-order valence-electron chi connectivity index (χ2n) is 4.78. The molecule has 0 saturated carbocycles. The molecule has 0 bridgehead atoms. The molecule has 102 valence electrons. The van der Waals surface area contributed by atoms with Crippen LogP contribution in [0.15, 0.2) is 45.6 Å². The van der Waals surface area contributed by atoms with Crippen LogP contribution in [0.25, 0.3) is 0 Å². The lowest BCUT2D eigenvalue weighted by atomic mass is 10.0. The summed E-state index contributed by atoms with van der Waals surface area (Å²) in [6, 6.07) is 11.2. The van der Waals surface area contributed by atoms with E-state index in [2.05, 4.69) is 69.3 Å². The van der Waals surface area contributed by atoms with Crippen molar-refractivity contribution < 1.29 is 0 Å². The Morgan fingerprint density at radius 1 is 1.21 bits per heavy atom. The summed E-state index contributed by atoms with van der Waals surface area (Å²) in [6.45, 7) is 3.30. The summed E-state index contributed by atoms with van der Waals surface area (Å²) in [5.74, 6) is 0. The highest BCUT2D eigenvalue weighted by atomic mass is 79.9. The summed E-state index contributed by atoms with van der Waals surface area (Å²) < 4.78 is 1.21. The Kier molecular flexibility index (Phi) is 6.08. The van der Waals surface area contributed by atoms with E-state index < -0.39 is 0 Å². The molecular formula is C16H20BrNS. The van der Waals surface area contributed by atoms with E-state index in [0.29, 0.717) is 6.04 Å². The van der Waals surface area contributed by atoms with Gasteiger partial charge < -0.3 is 5.32 Å². The van der Waals surface area contributed by atoms with Gasteiger partial charge in [0.25, 0.3) is 0 Å². The maximum Gasteiger partial charge on any atom is 0.0207 e. The standard InChI is InChI=1S/C16H20BrNS/c1-2-8-18-15(10-13-7-9-19-12-13)11-14-5-3-4-6-16(14)17/h3-7,9,12,15,18H,2,8,10-11H2,1H3. The lowest BCUT2D eigenvalue weighted by Gasteiger charge is -2.19. The SMILES string of the molecule is CCCNC(Cc1ccsc1)Cc1ccccc1Br. The van der Waals surface area contributed by atoms with Gasteiger partial charge in [-0.25, -0.2) is 0 Å². The lowest BCUT2D eigenvalue weighted by Crippen LogP contribution is -2.33. The van der Waals surface area contributed by atoms with E-state index in [9.17, 15) is 0 Å². The third kappa shape index (κ3) is 4.75. The van der Waals surface area contributed by atoms with E-state index >= 15 is 0 Å². The largest absolute Gasteiger partial charge is 0.313 e. The van der Waals surface area contributed by atoms with Gasteiger partial charge in [0.05, 0.1) is 0 Å². The molecule has 1 aromatic heterocycles. The molecule has 0 radical (unpaired) electrons. The first kappa shape index (κ1) is 14.8. The first-order valence-electron chi connectivity index (χ1n) is 6.77. The molecule has 2 rings (SSSR count). The van der Waals surface area contributed by atoms with Gasteiger partial charge in [-0.05, 0) is 59.8 Å². The Morgan fingerprint density at radius 3 is 2.74 bits per heavy atom. The van der Waals surface area contributed by atoms with Gasteiger partial charge in [0, 0.05) is 10.5 Å². The lowest BCUT2D eigenvalue weighted by molar-refractivity contribution is 0.504. The van der Waals surface area contributed by atoms with Gasteiger partial charge in [0.2, 0.25) is 0 Å². The first-order valence-corrected chi connectivity index (χ1v) is 8.51. The van der Waals surface area contributed by atoms with Crippen LogP contribution in [-0.4, -0.2) is 12.6 Å². The quantitative estimate of drug-likeness (QED) is 0.774. The second-order valence-corrected chi connectivity index (χ2v) is 6.42. The van der Waals surface area contributed by atoms with Gasteiger partial charge in [0.15, 0.2) is 0 Å². The van der Waals surface area contributed by atoms with Gasteiger partial charge in [-0.15, -0.1) is 0 Å². The van der Waals surface area contributed by atoms with Crippen molar-refractivity contribution in [1.82, 2.24) is 5.32 Å². The predicted octanol–water partition coefficient (Wildman–Crippen LogP) is 4.66. The number of hydrogen-bond acceptors (Lipinski definition) is 2. The molecule has 1 N–H and O–H groups in total. The molecule has 0 saturated heterocycles. The van der Waals surface area contributed by atoms with E-state index in [1.54, 1.807) is 11.3 Å². The number of rotatable bonds is 7. The Labute approximate surface area is 128 Å². The molecule has 1 nitrogen and oxygen atoms in total. The number of nitrogens with one attached hydrogen (secondary N) is 1. The van der Waals surface area contributed by atoms with Crippen LogP contribution in [0.3, 0.4) is 0 Å². The average molecular weight is 338 g/mol. The predicted molar refractivity (Wildman–Crippen MR) is 88.0 cm³/mol. The summed E-state index contributed by atoms with van der Waals surface area (Å²) in [6.07, 6.45) is 3.35. The first-order chi connectivity index (χ1) is 9.29. The van der Waals surface area contributed by atoms with Crippen molar-refractivity contribution >= 4 is 27.3 Å². The molecule has 0 aliphatic heterocycles. The van der Waals surface area contributed by atoms with Crippen molar-refractivity contribution in [2.75, 3.05) is 6.54 Å². The molecule has 1 unspecified atom stereocenters. The van der Waals surface area contributed by atoms with Gasteiger partial charge in [0.1, 0.15) is 0 Å². The molecule has 0 aliphatic rings. The van der Waals surface area contributed by atoms with Gasteiger partial charge in [-0.1, -0.05) is 41.1 Å². The van der Waals surface area contributed by atoms with Crippen LogP contribution in [-0.2, 0) is 12.8 Å². The van der Waals surface area contributed by atoms with E-state index in [-0.39, 0.29) is 0 Å². The molecular weight excluding hydrogens is 318 g/mol. The van der Waals surface area contributed by atoms with Gasteiger partial charge >= 0.3 is 0 Å². The summed E-state index contributed by atoms with van der Waals surface area (Å²) in [4.78, 5) is 0. The number of thiophene rings is 1. The average Bonchev–Trinajstić information content (AvgIpc) is 2.91. The molecule has 1 atom stereocenters. The number of halogens is 1. The Balaban J connectivity index is 2.03. The topological polar surface area (TPSA) is 12.0 Å². The highest BCUT2D eigenvalue weighted by Gasteiger charge is 2.11. The van der Waals surface area contributed by atoms with Crippen LogP contribution in [0.5, 0.6) is 0 Å². The third-order valence-electron chi connectivity index (χ3n) is 3.17. The molecule has 0 amide bonds. The van der Waals surface area contributed by atoms with E-state index in [0.717, 1.165) is 19.4 Å². The van der Waals surface area contributed by atoms with Crippen molar-refractivity contribution in [2.24, 2.45) is 0 Å². The normalized spacial score (nSPS) is 12.5. The van der Waals surface area contributed by atoms with E-state index in [1.807, 2.05) is 0 Å². The molecule has 1 aromatic carbocycles. The minimum absolute atomic E-state index is 0.508. The van der Waals surface area contributed by atoms with Crippen molar-refractivity contribution in [2.45, 2.75) is 32.2 Å². The van der Waals surface area contributed by atoms with Crippen molar-refractivity contribution in [3.63, 3.8) is 0 Å². The highest BCUT2D eigenvalue weighted by molar-refractivity contribution is 9.10. The molecule has 0 fully saturated rings. The maximum atomic E-state index is 3.67. The molecule has 19 heavy (non-hydrogen) atoms. The summed E-state index contributed by atoms with van der Waals surface area (Å²) in [7, 11) is 0. The summed E-state index contributed by atoms with van der Waals surface area (Å²) in [5.41, 5.74) is 2.82. The monoisotopic (exact) mass is 337 g/mol. The summed E-state index contributed by atoms with van der Waals surface area (Å²) >= 11 is 5.42. The van der Waals surface area contributed by atoms with E-state index in [4.69, 9.17) is 0 Å². The number of benzene rings is 1. The van der Waals surface area contributed by atoms with Crippen LogP contribution in [0, 0.1) is 0 Å². The van der Waals surface area contributed by atoms with Gasteiger partial charge in [-0.2, -0.15) is 11.3 Å². The Morgan fingerprint density at radius 2 is 2.05 bits per heavy atom. The fourth-order valence-corrected chi connectivity index (χ4v) is 3.32.